The van der Waals surface area contributed by atoms with Crippen molar-refractivity contribution < 1.29 is 14.4 Å². The lowest BCUT2D eigenvalue weighted by Crippen LogP contribution is -2.44. The molecule has 0 aliphatic heterocycles. The monoisotopic (exact) mass is 400 g/mol. The number of oxime groups is 1. The van der Waals surface area contributed by atoms with Gasteiger partial charge in [0.2, 0.25) is 5.91 Å². The van der Waals surface area contributed by atoms with Crippen molar-refractivity contribution in [2.24, 2.45) is 28.3 Å². The molecule has 1 N–H and O–H groups in total. The highest BCUT2D eigenvalue weighted by Crippen LogP contribution is 2.62. The third kappa shape index (κ3) is 3.36. The number of hydrogen-bond acceptors (Lipinski definition) is 3. The highest BCUT2D eigenvalue weighted by atomic mass is 19.1. The summed E-state index contributed by atoms with van der Waals surface area (Å²) < 4.78 is 14.4. The molecule has 4 nitrogen and oxygen atoms in total. The number of amides is 1. The zero-order valence-electron chi connectivity index (χ0n) is 17.8. The maximum absolute atomic E-state index is 14.4. The number of carbonyl (C=O) groups is 1. The van der Waals surface area contributed by atoms with E-state index in [1.807, 2.05) is 6.07 Å². The molecule has 0 bridgehead atoms. The molecular weight excluding hydrogens is 367 g/mol. The van der Waals surface area contributed by atoms with E-state index in [2.05, 4.69) is 18.1 Å². The Bertz CT molecular complexity index is 821. The minimum Gasteiger partial charge on any atom is -0.411 e. The van der Waals surface area contributed by atoms with E-state index in [1.54, 1.807) is 25.1 Å². The van der Waals surface area contributed by atoms with E-state index in [-0.39, 0.29) is 17.1 Å². The van der Waals surface area contributed by atoms with Gasteiger partial charge in [0, 0.05) is 25.9 Å². The van der Waals surface area contributed by atoms with E-state index in [4.69, 9.17) is 0 Å². The van der Waals surface area contributed by atoms with Crippen LogP contribution in [-0.4, -0.2) is 35.8 Å². The SMILES string of the molecule is CN(C)C(=O)CCC[C@@H]1C/C(=N\O)[C@@]2(C)CCC3c4cccc(F)c4CCC3C12. The molecule has 5 atom stereocenters. The highest BCUT2D eigenvalue weighted by Gasteiger charge is 2.57. The van der Waals surface area contributed by atoms with Crippen LogP contribution in [0.3, 0.4) is 0 Å². The summed E-state index contributed by atoms with van der Waals surface area (Å²) >= 11 is 0. The molecule has 3 unspecified atom stereocenters. The molecule has 1 amide bonds. The van der Waals surface area contributed by atoms with Crippen LogP contribution in [0, 0.1) is 29.0 Å². The van der Waals surface area contributed by atoms with Crippen molar-refractivity contribution in [3.63, 3.8) is 0 Å². The molecule has 29 heavy (non-hydrogen) atoms. The summed E-state index contributed by atoms with van der Waals surface area (Å²) in [5.41, 5.74) is 2.99. The number of carbonyl (C=O) groups excluding carboxylic acids is 1. The lowest BCUT2D eigenvalue weighted by Gasteiger charge is -2.50. The summed E-state index contributed by atoms with van der Waals surface area (Å²) in [6.45, 7) is 2.27. The van der Waals surface area contributed by atoms with Crippen LogP contribution in [0.2, 0.25) is 0 Å². The number of rotatable bonds is 4. The van der Waals surface area contributed by atoms with Gasteiger partial charge in [-0.1, -0.05) is 24.2 Å². The Labute approximate surface area is 173 Å². The number of benzene rings is 1. The zero-order valence-corrected chi connectivity index (χ0v) is 17.8. The first kappa shape index (κ1) is 20.4. The fourth-order valence-corrected chi connectivity index (χ4v) is 6.81. The maximum atomic E-state index is 14.4. The molecule has 1 aromatic rings. The summed E-state index contributed by atoms with van der Waals surface area (Å²) in [6, 6.07) is 5.56. The van der Waals surface area contributed by atoms with Crippen LogP contribution in [-0.2, 0) is 11.2 Å². The van der Waals surface area contributed by atoms with E-state index in [1.165, 1.54) is 5.56 Å². The Hall–Kier alpha value is -1.91. The Balaban J connectivity index is 1.59. The van der Waals surface area contributed by atoms with Gasteiger partial charge in [-0.25, -0.2) is 4.39 Å². The van der Waals surface area contributed by atoms with Crippen molar-refractivity contribution in [2.45, 2.75) is 64.2 Å². The van der Waals surface area contributed by atoms with Gasteiger partial charge in [-0.2, -0.15) is 0 Å². The van der Waals surface area contributed by atoms with Crippen LogP contribution in [0.1, 0.15) is 68.9 Å². The minimum atomic E-state index is -0.0725. The molecule has 0 saturated heterocycles. The van der Waals surface area contributed by atoms with E-state index in [0.29, 0.717) is 30.1 Å². The Morgan fingerprint density at radius 1 is 1.34 bits per heavy atom. The van der Waals surface area contributed by atoms with Crippen LogP contribution >= 0.6 is 0 Å². The Kier molecular flexibility index (Phi) is 5.43. The van der Waals surface area contributed by atoms with Gasteiger partial charge in [0.25, 0.3) is 0 Å². The van der Waals surface area contributed by atoms with Crippen LogP contribution in [0.25, 0.3) is 0 Å². The molecule has 5 heteroatoms. The number of halogens is 1. The zero-order chi connectivity index (χ0) is 20.8. The van der Waals surface area contributed by atoms with E-state index in [9.17, 15) is 14.4 Å². The second kappa shape index (κ2) is 7.73. The smallest absolute Gasteiger partial charge is 0.222 e. The molecule has 1 aromatic carbocycles. The molecule has 4 rings (SSSR count). The van der Waals surface area contributed by atoms with Crippen molar-refractivity contribution in [2.75, 3.05) is 14.1 Å². The number of hydrogen-bond donors (Lipinski definition) is 1. The third-order valence-corrected chi connectivity index (χ3v) is 8.18. The summed E-state index contributed by atoms with van der Waals surface area (Å²) in [6.07, 6.45) is 7.07. The van der Waals surface area contributed by atoms with Crippen LogP contribution in [0.5, 0.6) is 0 Å². The highest BCUT2D eigenvalue weighted by molar-refractivity contribution is 5.92. The molecular formula is C24H33FN2O2. The molecule has 0 heterocycles. The minimum absolute atomic E-state index is 0.0583. The summed E-state index contributed by atoms with van der Waals surface area (Å²) in [5.74, 6) is 1.89. The van der Waals surface area contributed by atoms with Crippen molar-refractivity contribution in [1.29, 1.82) is 0 Å². The van der Waals surface area contributed by atoms with E-state index in [0.717, 1.165) is 56.2 Å². The first-order valence-corrected chi connectivity index (χ1v) is 11.1. The van der Waals surface area contributed by atoms with E-state index >= 15 is 0 Å². The molecule has 0 aromatic heterocycles. The van der Waals surface area contributed by atoms with Crippen LogP contribution in [0.15, 0.2) is 23.4 Å². The first-order chi connectivity index (χ1) is 13.9. The fraction of sp³-hybridized carbons (Fsp3) is 0.667. The lowest BCUT2D eigenvalue weighted by atomic mass is 9.54. The number of fused-ring (bicyclic) bond motifs is 5. The Morgan fingerprint density at radius 2 is 2.14 bits per heavy atom. The molecule has 2 fully saturated rings. The van der Waals surface area contributed by atoms with Crippen molar-refractivity contribution >= 4 is 11.6 Å². The molecule has 0 radical (unpaired) electrons. The van der Waals surface area contributed by atoms with E-state index < -0.39 is 0 Å². The summed E-state index contributed by atoms with van der Waals surface area (Å²) in [5, 5.41) is 13.5. The summed E-state index contributed by atoms with van der Waals surface area (Å²) in [7, 11) is 3.60. The topological polar surface area (TPSA) is 52.9 Å². The second-order valence-corrected chi connectivity index (χ2v) is 9.79. The van der Waals surface area contributed by atoms with Crippen molar-refractivity contribution in [3.8, 4) is 0 Å². The van der Waals surface area contributed by atoms with Crippen molar-refractivity contribution in [1.82, 2.24) is 4.90 Å². The van der Waals surface area contributed by atoms with Gasteiger partial charge in [-0.05, 0) is 85.8 Å². The van der Waals surface area contributed by atoms with Crippen LogP contribution < -0.4 is 0 Å². The predicted molar refractivity (Wildman–Crippen MR) is 112 cm³/mol. The van der Waals surface area contributed by atoms with Gasteiger partial charge in [-0.15, -0.1) is 0 Å². The molecule has 0 spiro atoms. The van der Waals surface area contributed by atoms with Gasteiger partial charge >= 0.3 is 0 Å². The van der Waals surface area contributed by atoms with Crippen LogP contribution in [0.4, 0.5) is 4.39 Å². The van der Waals surface area contributed by atoms with Gasteiger partial charge < -0.3 is 10.1 Å². The maximum Gasteiger partial charge on any atom is 0.222 e. The summed E-state index contributed by atoms with van der Waals surface area (Å²) in [4.78, 5) is 13.7. The predicted octanol–water partition coefficient (Wildman–Crippen LogP) is 5.00. The molecule has 3 aliphatic rings. The number of nitrogens with zero attached hydrogens (tertiary/aromatic N) is 2. The van der Waals surface area contributed by atoms with Gasteiger partial charge in [-0.3, -0.25) is 4.79 Å². The van der Waals surface area contributed by atoms with Gasteiger partial charge in [0.05, 0.1) is 5.71 Å². The standard InChI is InChI=1S/C24H33FN2O2/c1-24-13-12-17-16-7-5-8-20(25)18(16)10-11-19(17)23(24)15(14-21(24)26-29)6-4-9-22(28)27(2)3/h5,7-8,15,17,19,23,29H,4,6,9-14H2,1-3H3/b26-21+/t15-,17?,19?,23?,24-/m1/s1. The van der Waals surface area contributed by atoms with Gasteiger partial charge in [0.1, 0.15) is 5.82 Å². The second-order valence-electron chi connectivity index (χ2n) is 9.79. The lowest BCUT2D eigenvalue weighted by molar-refractivity contribution is -0.128. The Morgan fingerprint density at radius 3 is 2.86 bits per heavy atom. The molecule has 158 valence electrons. The average molecular weight is 401 g/mol. The molecule has 2 saturated carbocycles. The quantitative estimate of drug-likeness (QED) is 0.571. The van der Waals surface area contributed by atoms with Crippen molar-refractivity contribution in [3.05, 3.63) is 35.1 Å². The average Bonchev–Trinajstić information content (AvgIpc) is 2.99. The molecule has 3 aliphatic carbocycles. The fourth-order valence-electron chi connectivity index (χ4n) is 6.81. The third-order valence-electron chi connectivity index (χ3n) is 8.18. The van der Waals surface area contributed by atoms with Gasteiger partial charge in [0.15, 0.2) is 0 Å². The first-order valence-electron chi connectivity index (χ1n) is 11.1. The normalized spacial score (nSPS) is 34.4. The largest absolute Gasteiger partial charge is 0.411 e.